The second-order valence-electron chi connectivity index (χ2n) is 11.4. The van der Waals surface area contributed by atoms with Gasteiger partial charge in [0.1, 0.15) is 23.5 Å². The monoisotopic (exact) mass is 556 g/mol. The molecule has 1 atom stereocenters. The lowest BCUT2D eigenvalue weighted by Gasteiger charge is -2.39. The van der Waals surface area contributed by atoms with Gasteiger partial charge in [-0.15, -0.1) is 0 Å². The highest BCUT2D eigenvalue weighted by Crippen LogP contribution is 2.40. The van der Waals surface area contributed by atoms with Crippen molar-refractivity contribution in [3.05, 3.63) is 17.2 Å². The van der Waals surface area contributed by atoms with E-state index in [1.807, 2.05) is 0 Å². The van der Waals surface area contributed by atoms with Gasteiger partial charge in [0.05, 0.1) is 23.5 Å². The van der Waals surface area contributed by atoms with Crippen molar-refractivity contribution in [2.75, 3.05) is 37.7 Å². The fraction of sp³-hybridized carbons (Fsp3) is 0.680. The Morgan fingerprint density at radius 3 is 2.63 bits per heavy atom. The molecular weight excluding hydrogens is 525 g/mol. The van der Waals surface area contributed by atoms with E-state index in [0.29, 0.717) is 6.61 Å². The summed E-state index contributed by atoms with van der Waals surface area (Å²) in [4.78, 5) is 28.6. The Bertz CT molecular complexity index is 1220. The first-order valence-electron chi connectivity index (χ1n) is 12.9. The van der Waals surface area contributed by atoms with Crippen LogP contribution in [0.25, 0.3) is 10.9 Å². The van der Waals surface area contributed by atoms with Crippen LogP contribution in [-0.2, 0) is 4.74 Å². The summed E-state index contributed by atoms with van der Waals surface area (Å²) in [6, 6.07) is -1.06. The molecule has 2 aromatic heterocycles. The van der Waals surface area contributed by atoms with Gasteiger partial charge in [-0.3, -0.25) is 4.90 Å². The van der Waals surface area contributed by atoms with Crippen LogP contribution in [0, 0.1) is 5.82 Å². The van der Waals surface area contributed by atoms with Crippen molar-refractivity contribution in [3.8, 4) is 6.01 Å². The first-order chi connectivity index (χ1) is 17.8. The highest BCUT2D eigenvalue weighted by molar-refractivity contribution is 6.30. The van der Waals surface area contributed by atoms with E-state index < -0.39 is 47.6 Å². The lowest BCUT2D eigenvalue weighted by molar-refractivity contribution is -0.0231. The molecule has 0 radical (unpaired) electrons. The molecule has 0 saturated carbocycles. The maximum atomic E-state index is 15.0. The first kappa shape index (κ1) is 27.0. The molecule has 3 saturated heterocycles. The zero-order valence-electron chi connectivity index (χ0n) is 21.7. The maximum Gasteiger partial charge on any atom is 0.407 e. The zero-order valence-corrected chi connectivity index (χ0v) is 22.5. The van der Waals surface area contributed by atoms with Crippen LogP contribution in [0.4, 0.5) is 23.8 Å². The molecule has 3 aliphatic heterocycles. The van der Waals surface area contributed by atoms with E-state index in [1.165, 1.54) is 11.1 Å². The van der Waals surface area contributed by atoms with Gasteiger partial charge in [-0.25, -0.2) is 22.9 Å². The molecule has 5 heterocycles. The standard InChI is InChI=1S/C25H32ClF3N6O3/c1-23(2,3)38-22(36)31-15-10-25(28,29)13-34(12-15)20-16-11-30-19(26)17(27)18(16)32-21(33-20)37-14-24-6-4-8-35(24)9-5-7-24/h11,15H,4-10,12-14H2,1-3H3,(H,31,36). The van der Waals surface area contributed by atoms with Crippen molar-refractivity contribution in [2.24, 2.45) is 0 Å². The molecule has 13 heteroatoms. The summed E-state index contributed by atoms with van der Waals surface area (Å²) in [6.07, 6.45) is 3.98. The van der Waals surface area contributed by atoms with Crippen LogP contribution in [0.1, 0.15) is 52.9 Å². The van der Waals surface area contributed by atoms with Crippen LogP contribution < -0.4 is 15.0 Å². The largest absolute Gasteiger partial charge is 0.461 e. The predicted molar refractivity (Wildman–Crippen MR) is 136 cm³/mol. The van der Waals surface area contributed by atoms with Gasteiger partial charge in [0.15, 0.2) is 11.0 Å². The van der Waals surface area contributed by atoms with Crippen LogP contribution in [0.3, 0.4) is 0 Å². The number of fused-ring (bicyclic) bond motifs is 2. The number of hydrogen-bond acceptors (Lipinski definition) is 8. The van der Waals surface area contributed by atoms with Gasteiger partial charge in [0, 0.05) is 19.2 Å². The number of alkyl carbamates (subject to hydrolysis) is 1. The number of aromatic nitrogens is 3. The second kappa shape index (κ2) is 9.86. The number of carbonyl (C=O) groups excluding carboxylic acids is 1. The molecule has 5 rings (SSSR count). The number of piperidine rings is 1. The van der Waals surface area contributed by atoms with Crippen molar-refractivity contribution in [1.82, 2.24) is 25.2 Å². The van der Waals surface area contributed by atoms with Crippen molar-refractivity contribution >= 4 is 34.4 Å². The fourth-order valence-corrected chi connectivity index (χ4v) is 5.93. The van der Waals surface area contributed by atoms with E-state index in [-0.39, 0.29) is 34.8 Å². The number of amides is 1. The minimum atomic E-state index is -3.16. The normalized spacial score (nSPS) is 22.9. The molecule has 9 nitrogen and oxygen atoms in total. The highest BCUT2D eigenvalue weighted by atomic mass is 35.5. The van der Waals surface area contributed by atoms with Crippen LogP contribution >= 0.6 is 11.6 Å². The molecule has 3 aliphatic rings. The number of halogens is 4. The van der Waals surface area contributed by atoms with E-state index in [1.54, 1.807) is 20.8 Å². The Morgan fingerprint density at radius 1 is 1.24 bits per heavy atom. The summed E-state index contributed by atoms with van der Waals surface area (Å²) in [6.45, 7) is 6.67. The summed E-state index contributed by atoms with van der Waals surface area (Å²) in [7, 11) is 0. The molecule has 1 unspecified atom stereocenters. The Morgan fingerprint density at radius 2 is 1.95 bits per heavy atom. The van der Waals surface area contributed by atoms with Crippen molar-refractivity contribution in [3.63, 3.8) is 0 Å². The number of hydrogen-bond donors (Lipinski definition) is 1. The number of nitrogens with zero attached hydrogens (tertiary/aromatic N) is 5. The first-order valence-corrected chi connectivity index (χ1v) is 13.2. The van der Waals surface area contributed by atoms with Gasteiger partial charge < -0.3 is 19.7 Å². The van der Waals surface area contributed by atoms with E-state index in [4.69, 9.17) is 21.1 Å². The highest BCUT2D eigenvalue weighted by Gasteiger charge is 2.45. The Balaban J connectivity index is 1.46. The van der Waals surface area contributed by atoms with Crippen molar-refractivity contribution in [2.45, 2.75) is 76.0 Å². The molecule has 208 valence electrons. The Kier molecular flexibility index (Phi) is 7.00. The molecule has 0 aliphatic carbocycles. The second-order valence-corrected chi connectivity index (χ2v) is 11.8. The number of pyridine rings is 1. The average Bonchev–Trinajstić information content (AvgIpc) is 3.38. The molecule has 38 heavy (non-hydrogen) atoms. The lowest BCUT2D eigenvalue weighted by atomic mass is 9.95. The van der Waals surface area contributed by atoms with Gasteiger partial charge in [-0.1, -0.05) is 11.6 Å². The molecule has 0 aromatic carbocycles. The summed E-state index contributed by atoms with van der Waals surface area (Å²) >= 11 is 5.92. The Hall–Kier alpha value is -2.60. The number of anilines is 1. The fourth-order valence-electron chi connectivity index (χ4n) is 5.80. The predicted octanol–water partition coefficient (Wildman–Crippen LogP) is 4.56. The minimum Gasteiger partial charge on any atom is -0.461 e. The molecule has 3 fully saturated rings. The number of ether oxygens (including phenoxy) is 2. The van der Waals surface area contributed by atoms with Crippen molar-refractivity contribution in [1.29, 1.82) is 0 Å². The number of carbonyl (C=O) groups is 1. The van der Waals surface area contributed by atoms with Crippen LogP contribution in [0.15, 0.2) is 6.20 Å². The van der Waals surface area contributed by atoms with Crippen LogP contribution in [-0.4, -0.2) is 81.8 Å². The maximum absolute atomic E-state index is 15.0. The van der Waals surface area contributed by atoms with E-state index in [9.17, 15) is 13.6 Å². The molecule has 2 aromatic rings. The number of rotatable bonds is 5. The quantitative estimate of drug-likeness (QED) is 0.536. The smallest absolute Gasteiger partial charge is 0.407 e. The van der Waals surface area contributed by atoms with Gasteiger partial charge in [0.2, 0.25) is 0 Å². The molecule has 0 spiro atoms. The van der Waals surface area contributed by atoms with Crippen LogP contribution in [0.5, 0.6) is 6.01 Å². The van der Waals surface area contributed by atoms with Gasteiger partial charge in [-0.05, 0) is 59.5 Å². The SMILES string of the molecule is CC(C)(C)OC(=O)NC1CN(c2nc(OCC34CCCN3CCC4)nc3c(F)c(Cl)ncc23)CC(F)(F)C1. The van der Waals surface area contributed by atoms with Crippen molar-refractivity contribution < 1.29 is 27.4 Å². The Labute approximate surface area is 224 Å². The molecule has 1 amide bonds. The van der Waals surface area contributed by atoms with Gasteiger partial charge >= 0.3 is 12.1 Å². The molecular formula is C25H32ClF3N6O3. The van der Waals surface area contributed by atoms with Gasteiger partial charge in [-0.2, -0.15) is 9.97 Å². The average molecular weight is 557 g/mol. The van der Waals surface area contributed by atoms with E-state index in [2.05, 4.69) is 25.2 Å². The van der Waals surface area contributed by atoms with Crippen LogP contribution in [0.2, 0.25) is 5.15 Å². The summed E-state index contributed by atoms with van der Waals surface area (Å²) < 4.78 is 56.1. The lowest BCUT2D eigenvalue weighted by Crippen LogP contribution is -2.56. The summed E-state index contributed by atoms with van der Waals surface area (Å²) in [5.74, 6) is -4.01. The molecule has 0 bridgehead atoms. The minimum absolute atomic E-state index is 0.0116. The third-order valence-electron chi connectivity index (χ3n) is 7.31. The zero-order chi connectivity index (χ0) is 27.3. The number of nitrogens with one attached hydrogen (secondary N) is 1. The van der Waals surface area contributed by atoms with E-state index >= 15 is 4.39 Å². The summed E-state index contributed by atoms with van der Waals surface area (Å²) in [5, 5.41) is 2.26. The van der Waals surface area contributed by atoms with Gasteiger partial charge in [0.25, 0.3) is 5.92 Å². The molecule has 1 N–H and O–H groups in total. The topological polar surface area (TPSA) is 92.7 Å². The summed E-state index contributed by atoms with van der Waals surface area (Å²) in [5.41, 5.74) is -1.07. The third kappa shape index (κ3) is 5.56. The number of alkyl halides is 2. The third-order valence-corrected chi connectivity index (χ3v) is 7.57. The van der Waals surface area contributed by atoms with E-state index in [0.717, 1.165) is 38.8 Å².